The molecule has 0 aromatic heterocycles. The number of carbonyl (C=O) groups excluding carboxylic acids is 1. The maximum atomic E-state index is 11.7. The Hall–Kier alpha value is -2.04. The normalized spacial score (nSPS) is 15.5. The number of carboxylic acid groups (broad SMARTS) is 1. The number of carboxylic acids is 1. The predicted molar refractivity (Wildman–Crippen MR) is 73.7 cm³/mol. The Bertz CT molecular complexity index is 523. The molecule has 0 saturated heterocycles. The molecule has 0 aliphatic heterocycles. The van der Waals surface area contributed by atoms with Crippen molar-refractivity contribution in [3.8, 4) is 5.75 Å². The van der Waals surface area contributed by atoms with Gasteiger partial charge in [-0.25, -0.2) is 4.79 Å². The number of aliphatic carboxylic acids is 1. The van der Waals surface area contributed by atoms with Gasteiger partial charge < -0.3 is 15.2 Å². The van der Waals surface area contributed by atoms with Crippen LogP contribution in [0.5, 0.6) is 5.75 Å². The van der Waals surface area contributed by atoms with Gasteiger partial charge in [-0.2, -0.15) is 0 Å². The number of hydrogen-bond donors (Lipinski definition) is 2. The van der Waals surface area contributed by atoms with Crippen LogP contribution in [0.3, 0.4) is 0 Å². The third-order valence-corrected chi connectivity index (χ3v) is 3.37. The van der Waals surface area contributed by atoms with Crippen molar-refractivity contribution < 1.29 is 19.4 Å². The van der Waals surface area contributed by atoms with Gasteiger partial charge >= 0.3 is 5.97 Å². The zero-order valence-electron chi connectivity index (χ0n) is 11.7. The van der Waals surface area contributed by atoms with Crippen molar-refractivity contribution in [1.82, 2.24) is 5.32 Å². The van der Waals surface area contributed by atoms with E-state index in [1.165, 1.54) is 0 Å². The second-order valence-electron chi connectivity index (χ2n) is 5.28. The Balaban J connectivity index is 1.86. The lowest BCUT2D eigenvalue weighted by Gasteiger charge is -2.14. The molecule has 1 atom stereocenters. The van der Waals surface area contributed by atoms with E-state index in [0.717, 1.165) is 24.0 Å². The van der Waals surface area contributed by atoms with Gasteiger partial charge in [0, 0.05) is 0 Å². The molecule has 1 aromatic carbocycles. The first-order valence-electron chi connectivity index (χ1n) is 6.69. The van der Waals surface area contributed by atoms with Gasteiger partial charge in [0.2, 0.25) is 0 Å². The lowest BCUT2D eigenvalue weighted by molar-refractivity contribution is -0.142. The van der Waals surface area contributed by atoms with Crippen molar-refractivity contribution in [1.29, 1.82) is 0 Å². The van der Waals surface area contributed by atoms with Gasteiger partial charge in [0.05, 0.1) is 0 Å². The van der Waals surface area contributed by atoms with Gasteiger partial charge in [0.1, 0.15) is 11.8 Å². The van der Waals surface area contributed by atoms with Crippen LogP contribution in [0.4, 0.5) is 0 Å². The van der Waals surface area contributed by atoms with Crippen LogP contribution in [-0.2, 0) is 9.59 Å². The SMILES string of the molecule is Cc1ccc(OCC(=O)NC(C(=O)O)C2CC2)c(C)c1. The van der Waals surface area contributed by atoms with Gasteiger partial charge in [-0.15, -0.1) is 0 Å². The van der Waals surface area contributed by atoms with Crippen molar-refractivity contribution in [2.45, 2.75) is 32.7 Å². The molecule has 0 spiro atoms. The summed E-state index contributed by atoms with van der Waals surface area (Å²) in [5, 5.41) is 11.6. The zero-order chi connectivity index (χ0) is 14.7. The molecule has 108 valence electrons. The number of benzene rings is 1. The minimum Gasteiger partial charge on any atom is -0.484 e. The van der Waals surface area contributed by atoms with Crippen LogP contribution in [0.1, 0.15) is 24.0 Å². The monoisotopic (exact) mass is 277 g/mol. The van der Waals surface area contributed by atoms with Crippen LogP contribution in [-0.4, -0.2) is 29.6 Å². The molecule has 1 aromatic rings. The predicted octanol–water partition coefficient (Wildman–Crippen LogP) is 1.66. The number of aryl methyl sites for hydroxylation is 2. The van der Waals surface area contributed by atoms with Crippen molar-refractivity contribution >= 4 is 11.9 Å². The van der Waals surface area contributed by atoms with Crippen LogP contribution in [0.15, 0.2) is 18.2 Å². The minimum atomic E-state index is -0.979. The van der Waals surface area contributed by atoms with E-state index in [1.54, 1.807) is 0 Å². The summed E-state index contributed by atoms with van der Waals surface area (Å²) in [5.74, 6) is -0.668. The first-order valence-corrected chi connectivity index (χ1v) is 6.69. The smallest absolute Gasteiger partial charge is 0.326 e. The maximum Gasteiger partial charge on any atom is 0.326 e. The molecule has 1 aliphatic carbocycles. The molecule has 1 saturated carbocycles. The third-order valence-electron chi connectivity index (χ3n) is 3.37. The zero-order valence-corrected chi connectivity index (χ0v) is 11.7. The molecule has 1 fully saturated rings. The number of hydrogen-bond acceptors (Lipinski definition) is 3. The number of ether oxygens (including phenoxy) is 1. The van der Waals surface area contributed by atoms with E-state index >= 15 is 0 Å². The van der Waals surface area contributed by atoms with Crippen LogP contribution in [0.25, 0.3) is 0 Å². The Morgan fingerprint density at radius 1 is 1.40 bits per heavy atom. The summed E-state index contributed by atoms with van der Waals surface area (Å²) in [7, 11) is 0. The number of rotatable bonds is 6. The lowest BCUT2D eigenvalue weighted by atomic mass is 10.1. The summed E-state index contributed by atoms with van der Waals surface area (Å²) in [5.41, 5.74) is 2.08. The van der Waals surface area contributed by atoms with E-state index in [1.807, 2.05) is 32.0 Å². The average Bonchev–Trinajstić information content (AvgIpc) is 3.18. The molecule has 5 heteroatoms. The summed E-state index contributed by atoms with van der Waals surface area (Å²) in [6.45, 7) is 3.72. The maximum absolute atomic E-state index is 11.7. The highest BCUT2D eigenvalue weighted by atomic mass is 16.5. The van der Waals surface area contributed by atoms with E-state index in [2.05, 4.69) is 5.32 Å². The van der Waals surface area contributed by atoms with E-state index in [-0.39, 0.29) is 12.5 Å². The number of carbonyl (C=O) groups is 2. The van der Waals surface area contributed by atoms with Crippen LogP contribution < -0.4 is 10.1 Å². The Labute approximate surface area is 117 Å². The second-order valence-corrected chi connectivity index (χ2v) is 5.28. The van der Waals surface area contributed by atoms with Crippen LogP contribution in [0.2, 0.25) is 0 Å². The molecular formula is C15H19NO4. The van der Waals surface area contributed by atoms with E-state index in [0.29, 0.717) is 5.75 Å². The summed E-state index contributed by atoms with van der Waals surface area (Å²) < 4.78 is 5.43. The van der Waals surface area contributed by atoms with E-state index in [9.17, 15) is 9.59 Å². The highest BCUT2D eigenvalue weighted by molar-refractivity contribution is 5.84. The Morgan fingerprint density at radius 3 is 2.65 bits per heavy atom. The van der Waals surface area contributed by atoms with Crippen LogP contribution >= 0.6 is 0 Å². The Kier molecular flexibility index (Phi) is 4.27. The third kappa shape index (κ3) is 3.73. The molecule has 0 bridgehead atoms. The highest BCUT2D eigenvalue weighted by Gasteiger charge is 2.37. The molecular weight excluding hydrogens is 258 g/mol. The van der Waals surface area contributed by atoms with Gasteiger partial charge in [0.25, 0.3) is 5.91 Å². The Morgan fingerprint density at radius 2 is 2.10 bits per heavy atom. The fraction of sp³-hybridized carbons (Fsp3) is 0.467. The molecule has 1 aliphatic rings. The molecule has 0 heterocycles. The highest BCUT2D eigenvalue weighted by Crippen LogP contribution is 2.32. The lowest BCUT2D eigenvalue weighted by Crippen LogP contribution is -2.44. The molecule has 0 radical (unpaired) electrons. The summed E-state index contributed by atoms with van der Waals surface area (Å²) in [4.78, 5) is 22.8. The first kappa shape index (κ1) is 14.4. The standard InChI is InChI=1S/C15H19NO4/c1-9-3-6-12(10(2)7-9)20-8-13(17)16-14(15(18)19)11-4-5-11/h3,6-7,11,14H,4-5,8H2,1-2H3,(H,16,17)(H,18,19). The van der Waals surface area contributed by atoms with Gasteiger partial charge in [-0.05, 0) is 44.2 Å². The number of amides is 1. The summed E-state index contributed by atoms with van der Waals surface area (Å²) in [6.07, 6.45) is 1.71. The molecule has 2 N–H and O–H groups in total. The fourth-order valence-electron chi connectivity index (χ4n) is 2.13. The molecule has 20 heavy (non-hydrogen) atoms. The van der Waals surface area contributed by atoms with Crippen LogP contribution in [0, 0.1) is 19.8 Å². The number of nitrogens with one attached hydrogen (secondary N) is 1. The van der Waals surface area contributed by atoms with E-state index in [4.69, 9.17) is 9.84 Å². The second kappa shape index (κ2) is 5.94. The average molecular weight is 277 g/mol. The first-order chi connectivity index (χ1) is 9.47. The van der Waals surface area contributed by atoms with Crippen molar-refractivity contribution in [3.05, 3.63) is 29.3 Å². The fourth-order valence-corrected chi connectivity index (χ4v) is 2.13. The molecule has 1 unspecified atom stereocenters. The minimum absolute atomic E-state index is 0.0672. The van der Waals surface area contributed by atoms with Crippen molar-refractivity contribution in [3.63, 3.8) is 0 Å². The summed E-state index contributed by atoms with van der Waals surface area (Å²) >= 11 is 0. The largest absolute Gasteiger partial charge is 0.484 e. The molecule has 2 rings (SSSR count). The molecule has 1 amide bonds. The summed E-state index contributed by atoms with van der Waals surface area (Å²) in [6, 6.07) is 4.90. The van der Waals surface area contributed by atoms with Crippen molar-refractivity contribution in [2.24, 2.45) is 5.92 Å². The van der Waals surface area contributed by atoms with E-state index < -0.39 is 17.9 Å². The quantitative estimate of drug-likeness (QED) is 0.829. The van der Waals surface area contributed by atoms with Gasteiger partial charge in [0.15, 0.2) is 6.61 Å². The van der Waals surface area contributed by atoms with Crippen molar-refractivity contribution in [2.75, 3.05) is 6.61 Å². The van der Waals surface area contributed by atoms with Gasteiger partial charge in [-0.3, -0.25) is 4.79 Å². The topological polar surface area (TPSA) is 75.6 Å². The van der Waals surface area contributed by atoms with Gasteiger partial charge in [-0.1, -0.05) is 17.7 Å². The molecule has 5 nitrogen and oxygen atoms in total.